The Morgan fingerprint density at radius 1 is 0.789 bits per heavy atom. The first-order chi connectivity index (χ1) is 9.24. The number of hydrogen-bond acceptors (Lipinski definition) is 2. The third kappa shape index (κ3) is 2.25. The van der Waals surface area contributed by atoms with E-state index in [2.05, 4.69) is 15.4 Å². The predicted octanol–water partition coefficient (Wildman–Crippen LogP) is 3.59. The quantitative estimate of drug-likeness (QED) is 0.758. The van der Waals surface area contributed by atoms with Crippen LogP contribution in [-0.4, -0.2) is 15.4 Å². The molecule has 3 rings (SSSR count). The summed E-state index contributed by atoms with van der Waals surface area (Å²) < 4.78 is 13.0. The molecule has 19 heavy (non-hydrogen) atoms. The van der Waals surface area contributed by atoms with Crippen LogP contribution in [0.3, 0.4) is 0 Å². The zero-order valence-corrected chi connectivity index (χ0v) is 10.4. The molecule has 0 aliphatic rings. The summed E-state index contributed by atoms with van der Waals surface area (Å²) in [5.74, 6) is -0.260. The van der Waals surface area contributed by atoms with Gasteiger partial charge in [0.05, 0.1) is 0 Å². The van der Waals surface area contributed by atoms with Gasteiger partial charge in [-0.05, 0) is 31.2 Å². The molecule has 94 valence electrons. The van der Waals surface area contributed by atoms with Crippen LogP contribution in [0.25, 0.3) is 22.5 Å². The van der Waals surface area contributed by atoms with Crippen molar-refractivity contribution in [2.24, 2.45) is 0 Å². The van der Waals surface area contributed by atoms with Gasteiger partial charge in [-0.25, -0.2) is 4.39 Å². The molecule has 0 saturated heterocycles. The highest BCUT2D eigenvalue weighted by Gasteiger charge is 2.12. The van der Waals surface area contributed by atoms with Crippen molar-refractivity contribution < 1.29 is 4.39 Å². The fourth-order valence-electron chi connectivity index (χ4n) is 1.95. The Labute approximate surface area is 110 Å². The highest BCUT2D eigenvalue weighted by Crippen LogP contribution is 2.28. The van der Waals surface area contributed by atoms with Crippen LogP contribution in [0.5, 0.6) is 0 Å². The Bertz CT molecular complexity index is 624. The second-order valence-electron chi connectivity index (χ2n) is 4.39. The molecule has 0 spiro atoms. The molecule has 0 aliphatic carbocycles. The summed E-state index contributed by atoms with van der Waals surface area (Å²) in [5.41, 5.74) is 4.51. The van der Waals surface area contributed by atoms with Gasteiger partial charge < -0.3 is 0 Å². The van der Waals surface area contributed by atoms with Crippen molar-refractivity contribution in [3.8, 4) is 22.5 Å². The zero-order chi connectivity index (χ0) is 13.2. The second-order valence-corrected chi connectivity index (χ2v) is 4.39. The topological polar surface area (TPSA) is 41.6 Å². The number of rotatable bonds is 2. The van der Waals surface area contributed by atoms with Crippen molar-refractivity contribution in [1.29, 1.82) is 0 Å². The first-order valence-electron chi connectivity index (χ1n) is 5.98. The number of aromatic nitrogens is 3. The molecule has 0 aliphatic heterocycles. The largest absolute Gasteiger partial charge is 0.207 e. The normalized spacial score (nSPS) is 10.6. The van der Waals surface area contributed by atoms with Gasteiger partial charge in [-0.1, -0.05) is 29.8 Å². The van der Waals surface area contributed by atoms with Crippen molar-refractivity contribution >= 4 is 0 Å². The second kappa shape index (κ2) is 4.65. The molecule has 1 N–H and O–H groups in total. The van der Waals surface area contributed by atoms with Gasteiger partial charge in [-0.2, -0.15) is 15.4 Å². The SMILES string of the molecule is Cc1ccc(-c2n[nH]nc2-c2ccc(F)cc2)cc1. The summed E-state index contributed by atoms with van der Waals surface area (Å²) in [4.78, 5) is 0. The molecular weight excluding hydrogens is 241 g/mol. The number of nitrogens with one attached hydrogen (secondary N) is 1. The van der Waals surface area contributed by atoms with Crippen LogP contribution >= 0.6 is 0 Å². The number of halogens is 1. The van der Waals surface area contributed by atoms with Gasteiger partial charge in [0.1, 0.15) is 17.2 Å². The van der Waals surface area contributed by atoms with Crippen LogP contribution in [0.15, 0.2) is 48.5 Å². The van der Waals surface area contributed by atoms with Crippen LogP contribution in [0.2, 0.25) is 0 Å². The van der Waals surface area contributed by atoms with Crippen molar-refractivity contribution in [2.75, 3.05) is 0 Å². The highest BCUT2D eigenvalue weighted by molar-refractivity contribution is 5.77. The molecule has 0 saturated carbocycles. The van der Waals surface area contributed by atoms with Crippen LogP contribution in [-0.2, 0) is 0 Å². The molecule has 4 heteroatoms. The number of hydrogen-bond donors (Lipinski definition) is 1. The number of nitrogens with zero attached hydrogens (tertiary/aromatic N) is 2. The van der Waals surface area contributed by atoms with Crippen LogP contribution in [0.1, 0.15) is 5.56 Å². The minimum Gasteiger partial charge on any atom is -0.207 e. The third-order valence-corrected chi connectivity index (χ3v) is 2.99. The van der Waals surface area contributed by atoms with Crippen molar-refractivity contribution in [1.82, 2.24) is 15.4 Å². The van der Waals surface area contributed by atoms with E-state index in [9.17, 15) is 4.39 Å². The molecule has 0 radical (unpaired) electrons. The first kappa shape index (κ1) is 11.6. The van der Waals surface area contributed by atoms with Crippen molar-refractivity contribution in [3.05, 3.63) is 59.9 Å². The summed E-state index contributed by atoms with van der Waals surface area (Å²) in [6.45, 7) is 2.04. The van der Waals surface area contributed by atoms with E-state index in [0.717, 1.165) is 22.5 Å². The number of H-pyrrole nitrogens is 1. The van der Waals surface area contributed by atoms with Gasteiger partial charge >= 0.3 is 0 Å². The van der Waals surface area contributed by atoms with E-state index in [-0.39, 0.29) is 5.82 Å². The smallest absolute Gasteiger partial charge is 0.123 e. The molecule has 3 nitrogen and oxygen atoms in total. The number of aromatic amines is 1. The van der Waals surface area contributed by atoms with Crippen molar-refractivity contribution in [2.45, 2.75) is 6.92 Å². The Morgan fingerprint density at radius 3 is 1.79 bits per heavy atom. The minimum absolute atomic E-state index is 0.260. The molecule has 3 aromatic rings. The van der Waals surface area contributed by atoms with E-state index < -0.39 is 0 Å². The average Bonchev–Trinajstić information content (AvgIpc) is 2.90. The van der Waals surface area contributed by atoms with Gasteiger partial charge in [0, 0.05) is 11.1 Å². The fourth-order valence-corrected chi connectivity index (χ4v) is 1.95. The average molecular weight is 253 g/mol. The summed E-state index contributed by atoms with van der Waals surface area (Å²) >= 11 is 0. The zero-order valence-electron chi connectivity index (χ0n) is 10.4. The molecule has 1 heterocycles. The van der Waals surface area contributed by atoms with E-state index in [1.807, 2.05) is 31.2 Å². The standard InChI is InChI=1S/C15H12FN3/c1-10-2-4-11(5-3-10)14-15(18-19-17-14)12-6-8-13(16)9-7-12/h2-9H,1H3,(H,17,18,19). The molecular formula is C15H12FN3. The van der Waals surface area contributed by atoms with E-state index in [1.54, 1.807) is 12.1 Å². The Hall–Kier alpha value is -2.49. The maximum absolute atomic E-state index is 13.0. The van der Waals surface area contributed by atoms with Crippen LogP contribution in [0, 0.1) is 12.7 Å². The lowest BCUT2D eigenvalue weighted by Gasteiger charge is -2.02. The summed E-state index contributed by atoms with van der Waals surface area (Å²) in [6.07, 6.45) is 0. The molecule has 0 amide bonds. The number of aryl methyl sites for hydroxylation is 1. The maximum Gasteiger partial charge on any atom is 0.123 e. The Balaban J connectivity index is 2.07. The third-order valence-electron chi connectivity index (χ3n) is 2.99. The summed E-state index contributed by atoms with van der Waals surface area (Å²) in [7, 11) is 0. The van der Waals surface area contributed by atoms with Crippen LogP contribution in [0.4, 0.5) is 4.39 Å². The maximum atomic E-state index is 13.0. The van der Waals surface area contributed by atoms with Gasteiger partial charge in [0.15, 0.2) is 0 Å². The lowest BCUT2D eigenvalue weighted by molar-refractivity contribution is 0.628. The molecule has 1 aromatic heterocycles. The first-order valence-corrected chi connectivity index (χ1v) is 5.98. The predicted molar refractivity (Wildman–Crippen MR) is 71.9 cm³/mol. The summed E-state index contributed by atoms with van der Waals surface area (Å²) in [5, 5.41) is 11.0. The molecule has 2 aromatic carbocycles. The van der Waals surface area contributed by atoms with E-state index >= 15 is 0 Å². The van der Waals surface area contributed by atoms with Crippen LogP contribution < -0.4 is 0 Å². The Morgan fingerprint density at radius 2 is 1.26 bits per heavy atom. The van der Waals surface area contributed by atoms with E-state index in [1.165, 1.54) is 17.7 Å². The Kier molecular flexibility index (Phi) is 2.83. The van der Waals surface area contributed by atoms with Gasteiger partial charge in [0.2, 0.25) is 0 Å². The van der Waals surface area contributed by atoms with Gasteiger partial charge in [-0.15, -0.1) is 0 Å². The lowest BCUT2D eigenvalue weighted by Crippen LogP contribution is -1.85. The molecule has 0 atom stereocenters. The van der Waals surface area contributed by atoms with E-state index in [4.69, 9.17) is 0 Å². The van der Waals surface area contributed by atoms with Gasteiger partial charge in [0.25, 0.3) is 0 Å². The lowest BCUT2D eigenvalue weighted by atomic mass is 10.0. The fraction of sp³-hybridized carbons (Fsp3) is 0.0667. The molecule has 0 unspecified atom stereocenters. The van der Waals surface area contributed by atoms with E-state index in [0.29, 0.717) is 0 Å². The summed E-state index contributed by atoms with van der Waals surface area (Å²) in [6, 6.07) is 14.3. The van der Waals surface area contributed by atoms with Crippen molar-refractivity contribution in [3.63, 3.8) is 0 Å². The minimum atomic E-state index is -0.260. The molecule has 0 bridgehead atoms. The molecule has 0 fully saturated rings. The van der Waals surface area contributed by atoms with Gasteiger partial charge in [-0.3, -0.25) is 0 Å². The highest BCUT2D eigenvalue weighted by atomic mass is 19.1. The number of benzene rings is 2. The monoisotopic (exact) mass is 253 g/mol.